The highest BCUT2D eigenvalue weighted by Gasteiger charge is 2.34. The predicted octanol–water partition coefficient (Wildman–Crippen LogP) is 5.02. The molecule has 1 N–H and O–H groups in total. The van der Waals surface area contributed by atoms with E-state index in [-0.39, 0.29) is 5.69 Å². The number of amides is 1. The molecule has 3 aromatic rings. The summed E-state index contributed by atoms with van der Waals surface area (Å²) in [6.07, 6.45) is -3.01. The molecule has 2 aromatic carbocycles. The Morgan fingerprint density at radius 3 is 2.59 bits per heavy atom. The first-order valence-electron chi connectivity index (χ1n) is 8.78. The van der Waals surface area contributed by atoms with Crippen molar-refractivity contribution in [2.45, 2.75) is 37.4 Å². The molecule has 1 heterocycles. The van der Waals surface area contributed by atoms with E-state index >= 15 is 0 Å². The predicted molar refractivity (Wildman–Crippen MR) is 106 cm³/mol. The van der Waals surface area contributed by atoms with Crippen LogP contribution >= 0.6 is 11.8 Å². The summed E-state index contributed by atoms with van der Waals surface area (Å²) in [7, 11) is 0. The van der Waals surface area contributed by atoms with Crippen LogP contribution in [0.2, 0.25) is 0 Å². The van der Waals surface area contributed by atoms with Gasteiger partial charge in [0.1, 0.15) is 6.33 Å². The van der Waals surface area contributed by atoms with Crippen LogP contribution in [0.15, 0.2) is 53.9 Å². The molecule has 5 nitrogen and oxygen atoms in total. The lowest BCUT2D eigenvalue weighted by molar-refractivity contribution is -0.137. The third kappa shape index (κ3) is 4.79. The molecule has 0 unspecified atom stereocenters. The molecular weight excluding hydrogens is 401 g/mol. The highest BCUT2D eigenvalue weighted by atomic mass is 32.2. The number of aromatic nitrogens is 3. The number of carbonyl (C=O) groups is 1. The standard InChI is InChI=1S/C20H19F3N4OS/c1-12-8-9-17(13(2)10-12)27-11-24-26-19(27)29-14(3)18(28)25-16-7-5-4-6-15(16)20(21,22)23/h4-11,14H,1-3H3,(H,25,28)/t14-/m1/s1. The minimum absolute atomic E-state index is 0.270. The average molecular weight is 420 g/mol. The number of alkyl halides is 3. The average Bonchev–Trinajstić information content (AvgIpc) is 3.09. The van der Waals surface area contributed by atoms with Gasteiger partial charge in [-0.3, -0.25) is 9.36 Å². The second kappa shape index (κ2) is 8.28. The summed E-state index contributed by atoms with van der Waals surface area (Å²) in [5.41, 5.74) is 1.85. The molecule has 3 rings (SSSR count). The van der Waals surface area contributed by atoms with E-state index in [1.165, 1.54) is 18.2 Å². The van der Waals surface area contributed by atoms with Crippen molar-refractivity contribution in [1.82, 2.24) is 14.8 Å². The zero-order valence-electron chi connectivity index (χ0n) is 16.0. The molecule has 0 aliphatic carbocycles. The van der Waals surface area contributed by atoms with Crippen molar-refractivity contribution in [2.24, 2.45) is 0 Å². The number of hydrogen-bond donors (Lipinski definition) is 1. The summed E-state index contributed by atoms with van der Waals surface area (Å²) in [4.78, 5) is 12.5. The number of benzene rings is 2. The van der Waals surface area contributed by atoms with Crippen molar-refractivity contribution in [3.63, 3.8) is 0 Å². The molecule has 0 radical (unpaired) electrons. The Labute approximate surface area is 170 Å². The Morgan fingerprint density at radius 2 is 1.90 bits per heavy atom. The maximum absolute atomic E-state index is 13.1. The zero-order chi connectivity index (χ0) is 21.2. The highest BCUT2D eigenvalue weighted by molar-refractivity contribution is 8.00. The van der Waals surface area contributed by atoms with Gasteiger partial charge < -0.3 is 5.32 Å². The van der Waals surface area contributed by atoms with Crippen LogP contribution in [0.1, 0.15) is 23.6 Å². The number of nitrogens with zero attached hydrogens (tertiary/aromatic N) is 3. The summed E-state index contributed by atoms with van der Waals surface area (Å²) in [6.45, 7) is 5.56. The monoisotopic (exact) mass is 420 g/mol. The number of anilines is 1. The second-order valence-electron chi connectivity index (χ2n) is 6.57. The smallest absolute Gasteiger partial charge is 0.325 e. The van der Waals surface area contributed by atoms with Gasteiger partial charge in [0.2, 0.25) is 5.91 Å². The summed E-state index contributed by atoms with van der Waals surface area (Å²) < 4.78 is 41.2. The van der Waals surface area contributed by atoms with Crippen LogP contribution in [-0.2, 0) is 11.0 Å². The van der Waals surface area contributed by atoms with E-state index in [9.17, 15) is 18.0 Å². The molecule has 29 heavy (non-hydrogen) atoms. The van der Waals surface area contributed by atoms with Crippen molar-refractivity contribution in [3.8, 4) is 5.69 Å². The fraction of sp³-hybridized carbons (Fsp3) is 0.250. The molecule has 0 saturated heterocycles. The Balaban J connectivity index is 1.78. The van der Waals surface area contributed by atoms with Gasteiger partial charge in [0.25, 0.3) is 0 Å². The van der Waals surface area contributed by atoms with Crippen molar-refractivity contribution in [1.29, 1.82) is 0 Å². The fourth-order valence-electron chi connectivity index (χ4n) is 2.83. The summed E-state index contributed by atoms with van der Waals surface area (Å²) in [5, 5.41) is 10.1. The van der Waals surface area contributed by atoms with E-state index in [0.717, 1.165) is 34.6 Å². The minimum atomic E-state index is -4.55. The molecule has 0 fully saturated rings. The van der Waals surface area contributed by atoms with Crippen LogP contribution in [0, 0.1) is 13.8 Å². The van der Waals surface area contributed by atoms with Crippen LogP contribution in [0.5, 0.6) is 0 Å². The summed E-state index contributed by atoms with van der Waals surface area (Å²) >= 11 is 1.12. The van der Waals surface area contributed by atoms with Crippen LogP contribution in [-0.4, -0.2) is 25.9 Å². The third-order valence-electron chi connectivity index (χ3n) is 4.27. The second-order valence-corrected chi connectivity index (χ2v) is 7.87. The Bertz CT molecular complexity index is 1030. The van der Waals surface area contributed by atoms with Crippen LogP contribution in [0.25, 0.3) is 5.69 Å². The van der Waals surface area contributed by atoms with E-state index < -0.39 is 22.9 Å². The number of nitrogens with one attached hydrogen (secondary N) is 1. The summed E-state index contributed by atoms with van der Waals surface area (Å²) in [6, 6.07) is 10.8. The molecule has 1 atom stereocenters. The van der Waals surface area contributed by atoms with E-state index in [4.69, 9.17) is 0 Å². The molecule has 0 aliphatic heterocycles. The summed E-state index contributed by atoms with van der Waals surface area (Å²) in [5.74, 6) is -0.554. The molecular formula is C20H19F3N4OS. The molecule has 0 saturated carbocycles. The number of para-hydroxylation sites is 1. The maximum Gasteiger partial charge on any atom is 0.418 e. The van der Waals surface area contributed by atoms with E-state index in [1.54, 1.807) is 17.8 Å². The van der Waals surface area contributed by atoms with E-state index in [2.05, 4.69) is 15.5 Å². The molecule has 152 valence electrons. The van der Waals surface area contributed by atoms with Gasteiger partial charge in [0, 0.05) is 0 Å². The quantitative estimate of drug-likeness (QED) is 0.589. The minimum Gasteiger partial charge on any atom is -0.325 e. The molecule has 1 aromatic heterocycles. The topological polar surface area (TPSA) is 59.8 Å². The van der Waals surface area contributed by atoms with Crippen LogP contribution in [0.3, 0.4) is 0 Å². The van der Waals surface area contributed by atoms with Gasteiger partial charge in [0.05, 0.1) is 22.2 Å². The van der Waals surface area contributed by atoms with Gasteiger partial charge in [-0.25, -0.2) is 0 Å². The lowest BCUT2D eigenvalue weighted by atomic mass is 10.1. The largest absolute Gasteiger partial charge is 0.418 e. The SMILES string of the molecule is Cc1ccc(-n2cnnc2S[C@H](C)C(=O)Nc2ccccc2C(F)(F)F)c(C)c1. The molecule has 0 aliphatic rings. The van der Waals surface area contributed by atoms with Gasteiger partial charge >= 0.3 is 6.18 Å². The Hall–Kier alpha value is -2.81. The third-order valence-corrected chi connectivity index (χ3v) is 5.33. The number of thioether (sulfide) groups is 1. The number of aryl methyl sites for hydroxylation is 2. The molecule has 9 heteroatoms. The van der Waals surface area contributed by atoms with Crippen molar-refractivity contribution < 1.29 is 18.0 Å². The lowest BCUT2D eigenvalue weighted by Crippen LogP contribution is -2.24. The normalized spacial score (nSPS) is 12.6. The van der Waals surface area contributed by atoms with Crippen molar-refractivity contribution in [2.75, 3.05) is 5.32 Å². The van der Waals surface area contributed by atoms with Gasteiger partial charge in [-0.15, -0.1) is 10.2 Å². The first-order chi connectivity index (χ1) is 13.7. The molecule has 0 bridgehead atoms. The maximum atomic E-state index is 13.1. The fourth-order valence-corrected chi connectivity index (χ4v) is 3.67. The van der Waals surface area contributed by atoms with Gasteiger partial charge in [-0.05, 0) is 44.5 Å². The van der Waals surface area contributed by atoms with E-state index in [1.807, 2.05) is 32.0 Å². The molecule has 0 spiro atoms. The van der Waals surface area contributed by atoms with Gasteiger partial charge in [-0.2, -0.15) is 13.2 Å². The Kier molecular flexibility index (Phi) is 5.97. The number of carbonyl (C=O) groups excluding carboxylic acids is 1. The van der Waals surface area contributed by atoms with Crippen molar-refractivity contribution >= 4 is 23.4 Å². The Morgan fingerprint density at radius 1 is 1.17 bits per heavy atom. The van der Waals surface area contributed by atoms with Crippen LogP contribution in [0.4, 0.5) is 18.9 Å². The number of hydrogen-bond acceptors (Lipinski definition) is 4. The number of halogens is 3. The van der Waals surface area contributed by atoms with Gasteiger partial charge in [-0.1, -0.05) is 41.6 Å². The first kappa shape index (κ1) is 20.9. The molecule has 1 amide bonds. The van der Waals surface area contributed by atoms with Crippen LogP contribution < -0.4 is 5.32 Å². The first-order valence-corrected chi connectivity index (χ1v) is 9.66. The highest BCUT2D eigenvalue weighted by Crippen LogP contribution is 2.35. The van der Waals surface area contributed by atoms with Crippen molar-refractivity contribution in [3.05, 3.63) is 65.5 Å². The number of rotatable bonds is 5. The van der Waals surface area contributed by atoms with E-state index in [0.29, 0.717) is 5.16 Å². The van der Waals surface area contributed by atoms with Gasteiger partial charge in [0.15, 0.2) is 5.16 Å². The zero-order valence-corrected chi connectivity index (χ0v) is 16.8. The lowest BCUT2D eigenvalue weighted by Gasteiger charge is -2.16.